The molecule has 1 amide bonds. The lowest BCUT2D eigenvalue weighted by Gasteiger charge is -2.11. The zero-order chi connectivity index (χ0) is 16.3. The molecule has 2 rings (SSSR count). The van der Waals surface area contributed by atoms with Crippen molar-refractivity contribution in [3.63, 3.8) is 0 Å². The first-order chi connectivity index (χ1) is 10.3. The van der Waals surface area contributed by atoms with E-state index >= 15 is 0 Å². The van der Waals surface area contributed by atoms with Gasteiger partial charge in [-0.25, -0.2) is 8.42 Å². The van der Waals surface area contributed by atoms with Gasteiger partial charge in [-0.2, -0.15) is 0 Å². The summed E-state index contributed by atoms with van der Waals surface area (Å²) in [5.74, 6) is -0.563. The summed E-state index contributed by atoms with van der Waals surface area (Å²) in [6, 6.07) is 7.99. The fraction of sp³-hybridized carbons (Fsp3) is 0.143. The van der Waals surface area contributed by atoms with Crippen LogP contribution in [0.5, 0.6) is 0 Å². The molecule has 0 aliphatic heterocycles. The topological polar surface area (TPSA) is 107 Å². The monoisotopic (exact) mass is 320 g/mol. The number of aromatic nitrogens is 1. The van der Waals surface area contributed by atoms with Crippen molar-refractivity contribution in [2.24, 2.45) is 10.7 Å². The molecule has 22 heavy (non-hydrogen) atoms. The molecule has 0 aliphatic carbocycles. The Hall–Kier alpha value is -2.61. The van der Waals surface area contributed by atoms with Crippen molar-refractivity contribution in [1.29, 1.82) is 0 Å². The number of rotatable bonds is 3. The third kappa shape index (κ3) is 3.34. The predicted octanol–water partition coefficient (Wildman–Crippen LogP) is 0.555. The molecule has 0 atom stereocenters. The first-order valence-corrected chi connectivity index (χ1v) is 8.23. The molecule has 1 aromatic carbocycles. The van der Waals surface area contributed by atoms with Crippen molar-refractivity contribution in [2.75, 3.05) is 13.3 Å². The van der Waals surface area contributed by atoms with Crippen molar-refractivity contribution in [3.8, 4) is 5.69 Å². The molecule has 0 saturated heterocycles. The summed E-state index contributed by atoms with van der Waals surface area (Å²) >= 11 is 0. The van der Waals surface area contributed by atoms with Gasteiger partial charge in [0.2, 0.25) is 0 Å². The molecule has 0 radical (unpaired) electrons. The van der Waals surface area contributed by atoms with Gasteiger partial charge in [-0.1, -0.05) is 0 Å². The zero-order valence-corrected chi connectivity index (χ0v) is 13.0. The maximum absolute atomic E-state index is 12.0. The molecule has 0 aliphatic rings. The summed E-state index contributed by atoms with van der Waals surface area (Å²) in [6.45, 7) is 0. The van der Waals surface area contributed by atoms with Crippen LogP contribution in [0.3, 0.4) is 0 Å². The minimum atomic E-state index is -3.51. The Morgan fingerprint density at radius 1 is 1.27 bits per heavy atom. The number of nitrogens with zero attached hydrogens (tertiary/aromatic N) is 2. The zero-order valence-electron chi connectivity index (χ0n) is 12.1. The van der Waals surface area contributed by atoms with E-state index in [1.54, 1.807) is 35.2 Å². The maximum Gasteiger partial charge on any atom is 0.257 e. The second-order valence-electron chi connectivity index (χ2n) is 4.61. The van der Waals surface area contributed by atoms with Crippen molar-refractivity contribution < 1.29 is 13.2 Å². The molecule has 0 spiro atoms. The van der Waals surface area contributed by atoms with E-state index in [0.29, 0.717) is 5.69 Å². The van der Waals surface area contributed by atoms with Crippen molar-refractivity contribution in [3.05, 3.63) is 48.3 Å². The number of nitrogens with two attached hydrogens (primary N) is 1. The lowest BCUT2D eigenvalue weighted by molar-refractivity contribution is 0.0976. The van der Waals surface area contributed by atoms with Gasteiger partial charge >= 0.3 is 0 Å². The fourth-order valence-electron chi connectivity index (χ4n) is 1.91. The molecular formula is C14H16N4O3S. The second kappa shape index (κ2) is 6.02. The highest BCUT2D eigenvalue weighted by atomic mass is 32.2. The first-order valence-electron chi connectivity index (χ1n) is 6.34. The van der Waals surface area contributed by atoms with Gasteiger partial charge in [0.25, 0.3) is 5.91 Å². The van der Waals surface area contributed by atoms with Gasteiger partial charge in [-0.3, -0.25) is 15.1 Å². The van der Waals surface area contributed by atoms with Gasteiger partial charge in [0.1, 0.15) is 0 Å². The van der Waals surface area contributed by atoms with Crippen molar-refractivity contribution >= 4 is 21.7 Å². The molecule has 0 fully saturated rings. The van der Waals surface area contributed by atoms with Gasteiger partial charge in [0.15, 0.2) is 15.8 Å². The number of hydrogen-bond acceptors (Lipinski definition) is 4. The SMILES string of the molecule is CN=C(N)NC(=O)c1ccc(-n2cccc2)c(S(C)(=O)=O)c1. The van der Waals surface area contributed by atoms with Crippen LogP contribution in [0.25, 0.3) is 5.69 Å². The Kier molecular flexibility index (Phi) is 4.32. The molecule has 1 aromatic heterocycles. The Bertz CT molecular complexity index is 824. The van der Waals surface area contributed by atoms with Gasteiger partial charge in [-0.15, -0.1) is 0 Å². The predicted molar refractivity (Wildman–Crippen MR) is 83.9 cm³/mol. The van der Waals surface area contributed by atoms with Crippen LogP contribution >= 0.6 is 0 Å². The highest BCUT2D eigenvalue weighted by Crippen LogP contribution is 2.22. The summed E-state index contributed by atoms with van der Waals surface area (Å²) < 4.78 is 25.7. The number of amides is 1. The highest BCUT2D eigenvalue weighted by molar-refractivity contribution is 7.90. The van der Waals surface area contributed by atoms with Gasteiger partial charge < -0.3 is 10.3 Å². The number of nitrogens with one attached hydrogen (secondary N) is 1. The van der Waals surface area contributed by atoms with E-state index in [-0.39, 0.29) is 16.4 Å². The highest BCUT2D eigenvalue weighted by Gasteiger charge is 2.18. The molecule has 2 aromatic rings. The molecule has 3 N–H and O–H groups in total. The number of guanidine groups is 1. The quantitative estimate of drug-likeness (QED) is 0.636. The third-order valence-electron chi connectivity index (χ3n) is 2.99. The average Bonchev–Trinajstić information content (AvgIpc) is 2.99. The van der Waals surface area contributed by atoms with E-state index < -0.39 is 15.7 Å². The number of carbonyl (C=O) groups excluding carboxylic acids is 1. The molecule has 0 bridgehead atoms. The molecule has 8 heteroatoms. The summed E-state index contributed by atoms with van der Waals surface area (Å²) in [5.41, 5.74) is 6.09. The van der Waals surface area contributed by atoms with Crippen LogP contribution in [-0.2, 0) is 9.84 Å². The molecule has 7 nitrogen and oxygen atoms in total. The Morgan fingerprint density at radius 3 is 2.45 bits per heavy atom. The van der Waals surface area contributed by atoms with Crippen molar-refractivity contribution in [2.45, 2.75) is 4.90 Å². The Morgan fingerprint density at radius 2 is 1.91 bits per heavy atom. The number of hydrogen-bond donors (Lipinski definition) is 2. The summed E-state index contributed by atoms with van der Waals surface area (Å²) in [6.07, 6.45) is 4.55. The number of aliphatic imine (C=N–C) groups is 1. The van der Waals surface area contributed by atoms with Crippen LogP contribution in [0, 0.1) is 0 Å². The first kappa shape index (κ1) is 15.8. The maximum atomic E-state index is 12.0. The summed E-state index contributed by atoms with van der Waals surface area (Å²) in [4.78, 5) is 15.7. The van der Waals surface area contributed by atoms with E-state index in [1.807, 2.05) is 0 Å². The number of sulfone groups is 1. The third-order valence-corrected chi connectivity index (χ3v) is 4.11. The van der Waals surface area contributed by atoms with E-state index in [0.717, 1.165) is 6.26 Å². The van der Waals surface area contributed by atoms with E-state index in [1.165, 1.54) is 19.2 Å². The number of benzene rings is 1. The molecular weight excluding hydrogens is 304 g/mol. The minimum absolute atomic E-state index is 0.0413. The Balaban J connectivity index is 2.52. The lowest BCUT2D eigenvalue weighted by Crippen LogP contribution is -2.36. The van der Waals surface area contributed by atoms with Crippen LogP contribution in [0.4, 0.5) is 0 Å². The Labute approximate surface area is 128 Å². The standard InChI is InChI=1S/C14H16N4O3S/c1-16-14(15)17-13(19)10-5-6-11(18-7-3-4-8-18)12(9-10)22(2,20)21/h3-9H,1-2H3,(H3,15,16,17,19). The van der Waals surface area contributed by atoms with Crippen LogP contribution in [0.15, 0.2) is 52.6 Å². The minimum Gasteiger partial charge on any atom is -0.370 e. The van der Waals surface area contributed by atoms with Gasteiger partial charge in [0.05, 0.1) is 10.6 Å². The van der Waals surface area contributed by atoms with Crippen LogP contribution < -0.4 is 11.1 Å². The van der Waals surface area contributed by atoms with Crippen LogP contribution in [0.1, 0.15) is 10.4 Å². The van der Waals surface area contributed by atoms with Crippen molar-refractivity contribution in [1.82, 2.24) is 9.88 Å². The molecule has 116 valence electrons. The smallest absolute Gasteiger partial charge is 0.257 e. The average molecular weight is 320 g/mol. The van der Waals surface area contributed by atoms with E-state index in [9.17, 15) is 13.2 Å². The number of carbonyl (C=O) groups is 1. The van der Waals surface area contributed by atoms with E-state index in [2.05, 4.69) is 10.3 Å². The summed E-state index contributed by atoms with van der Waals surface area (Å²) in [5, 5.41) is 2.37. The van der Waals surface area contributed by atoms with Crippen LogP contribution in [-0.4, -0.2) is 38.2 Å². The fourth-order valence-corrected chi connectivity index (χ4v) is 2.80. The van der Waals surface area contributed by atoms with Gasteiger partial charge in [-0.05, 0) is 30.3 Å². The molecule has 0 saturated carbocycles. The molecule has 0 unspecified atom stereocenters. The van der Waals surface area contributed by atoms with E-state index in [4.69, 9.17) is 5.73 Å². The van der Waals surface area contributed by atoms with Crippen LogP contribution in [0.2, 0.25) is 0 Å². The molecule has 1 heterocycles. The summed E-state index contributed by atoms with van der Waals surface area (Å²) in [7, 11) is -2.07. The second-order valence-corrected chi connectivity index (χ2v) is 6.59. The lowest BCUT2D eigenvalue weighted by atomic mass is 10.2. The van der Waals surface area contributed by atoms with Gasteiger partial charge in [0, 0.05) is 31.3 Å². The largest absolute Gasteiger partial charge is 0.370 e. The normalized spacial score (nSPS) is 12.2.